The highest BCUT2D eigenvalue weighted by Gasteiger charge is 2.34. The van der Waals surface area contributed by atoms with E-state index in [2.05, 4.69) is 10.6 Å². The maximum atomic E-state index is 13.7. The first-order valence-corrected chi connectivity index (χ1v) is 12.7. The molecule has 9 heteroatoms. The van der Waals surface area contributed by atoms with Crippen molar-refractivity contribution in [2.75, 3.05) is 31.7 Å². The van der Waals surface area contributed by atoms with Crippen molar-refractivity contribution in [1.82, 2.24) is 10.6 Å². The molecule has 188 valence electrons. The van der Waals surface area contributed by atoms with Gasteiger partial charge in [-0.05, 0) is 42.0 Å². The number of rotatable bonds is 10. The number of benzene rings is 2. The van der Waals surface area contributed by atoms with Crippen LogP contribution in [0.3, 0.4) is 0 Å². The molecule has 2 aromatic carbocycles. The molecule has 4 rings (SSSR count). The SMILES string of the molecule is COc1ccccc1N(C(=O)CNC(=O)c1cccs1)[C@H](C(=O)NC[C@H]1CCCO1)c1ccccc1. The molecule has 0 unspecified atom stereocenters. The summed E-state index contributed by atoms with van der Waals surface area (Å²) in [5.41, 5.74) is 1.06. The normalized spacial score (nSPS) is 15.6. The minimum absolute atomic E-state index is 0.0501. The molecule has 2 N–H and O–H groups in total. The summed E-state index contributed by atoms with van der Waals surface area (Å²) in [6.07, 6.45) is 1.78. The second-order valence-electron chi connectivity index (χ2n) is 8.29. The van der Waals surface area contributed by atoms with Gasteiger partial charge in [0.15, 0.2) is 0 Å². The van der Waals surface area contributed by atoms with Gasteiger partial charge in [-0.2, -0.15) is 0 Å². The Bertz CT molecular complexity index is 1160. The van der Waals surface area contributed by atoms with E-state index in [9.17, 15) is 14.4 Å². The Morgan fingerprint density at radius 1 is 1.06 bits per heavy atom. The lowest BCUT2D eigenvalue weighted by Gasteiger charge is -2.32. The molecule has 0 radical (unpaired) electrons. The first-order chi connectivity index (χ1) is 17.6. The van der Waals surface area contributed by atoms with Crippen LogP contribution in [-0.2, 0) is 14.3 Å². The van der Waals surface area contributed by atoms with Crippen molar-refractivity contribution in [3.63, 3.8) is 0 Å². The molecule has 1 fully saturated rings. The molecule has 1 aromatic heterocycles. The number of anilines is 1. The van der Waals surface area contributed by atoms with Crippen molar-refractivity contribution in [3.8, 4) is 5.75 Å². The van der Waals surface area contributed by atoms with Gasteiger partial charge >= 0.3 is 0 Å². The van der Waals surface area contributed by atoms with E-state index in [1.54, 1.807) is 53.9 Å². The summed E-state index contributed by atoms with van der Waals surface area (Å²) in [6, 6.07) is 18.6. The van der Waals surface area contributed by atoms with Crippen LogP contribution in [0.25, 0.3) is 0 Å². The molecular weight excluding hydrogens is 478 g/mol. The maximum Gasteiger partial charge on any atom is 0.261 e. The molecule has 1 aliphatic heterocycles. The summed E-state index contributed by atoms with van der Waals surface area (Å²) >= 11 is 1.29. The van der Waals surface area contributed by atoms with Crippen LogP contribution in [0.2, 0.25) is 0 Å². The number of thiophene rings is 1. The first-order valence-electron chi connectivity index (χ1n) is 11.8. The molecule has 0 aliphatic carbocycles. The van der Waals surface area contributed by atoms with Gasteiger partial charge in [0.25, 0.3) is 5.91 Å². The standard InChI is InChI=1S/C27H29N3O5S/c1-34-22-13-6-5-12-21(22)30(24(31)18-29-26(32)23-14-8-16-36-23)25(19-9-3-2-4-10-19)27(33)28-17-20-11-7-15-35-20/h2-6,8-10,12-14,16,20,25H,7,11,15,17-18H2,1H3,(H,28,33)(H,29,32)/t20-,25+/m1/s1. The lowest BCUT2D eigenvalue weighted by atomic mass is 10.0. The molecule has 1 saturated heterocycles. The van der Waals surface area contributed by atoms with Crippen molar-refractivity contribution in [2.24, 2.45) is 0 Å². The second-order valence-corrected chi connectivity index (χ2v) is 9.24. The zero-order valence-corrected chi connectivity index (χ0v) is 20.8. The zero-order chi connectivity index (χ0) is 25.3. The van der Waals surface area contributed by atoms with Gasteiger partial charge < -0.3 is 20.1 Å². The highest BCUT2D eigenvalue weighted by molar-refractivity contribution is 7.12. The quantitative estimate of drug-likeness (QED) is 0.438. The zero-order valence-electron chi connectivity index (χ0n) is 20.0. The Hall–Kier alpha value is -3.69. The van der Waals surface area contributed by atoms with Crippen LogP contribution in [0, 0.1) is 0 Å². The summed E-state index contributed by atoms with van der Waals surface area (Å²) in [5, 5.41) is 7.44. The lowest BCUT2D eigenvalue weighted by molar-refractivity contribution is -0.126. The Labute approximate surface area is 214 Å². The molecule has 2 atom stereocenters. The Morgan fingerprint density at radius 3 is 2.53 bits per heavy atom. The van der Waals surface area contributed by atoms with Crippen LogP contribution < -0.4 is 20.3 Å². The fourth-order valence-electron chi connectivity index (χ4n) is 4.15. The molecular formula is C27H29N3O5S. The van der Waals surface area contributed by atoms with Crippen LogP contribution in [0.15, 0.2) is 72.1 Å². The number of carbonyl (C=O) groups excluding carboxylic acids is 3. The Balaban J connectivity index is 1.66. The minimum Gasteiger partial charge on any atom is -0.495 e. The van der Waals surface area contributed by atoms with Gasteiger partial charge in [-0.3, -0.25) is 19.3 Å². The molecule has 3 aromatic rings. The number of hydrogen-bond acceptors (Lipinski definition) is 6. The highest BCUT2D eigenvalue weighted by atomic mass is 32.1. The number of methoxy groups -OCH3 is 1. The van der Waals surface area contributed by atoms with Crippen LogP contribution in [0.5, 0.6) is 5.75 Å². The third kappa shape index (κ3) is 6.10. The van der Waals surface area contributed by atoms with E-state index in [4.69, 9.17) is 9.47 Å². The number of hydrogen-bond donors (Lipinski definition) is 2. The van der Waals surface area contributed by atoms with Gasteiger partial charge in [-0.15, -0.1) is 11.3 Å². The number of carbonyl (C=O) groups is 3. The van der Waals surface area contributed by atoms with E-state index < -0.39 is 11.9 Å². The third-order valence-electron chi connectivity index (χ3n) is 5.91. The largest absolute Gasteiger partial charge is 0.495 e. The van der Waals surface area contributed by atoms with Crippen molar-refractivity contribution in [3.05, 3.63) is 82.6 Å². The highest BCUT2D eigenvalue weighted by Crippen LogP contribution is 2.35. The average molecular weight is 508 g/mol. The van der Waals surface area contributed by atoms with E-state index in [0.717, 1.165) is 12.8 Å². The third-order valence-corrected chi connectivity index (χ3v) is 6.78. The van der Waals surface area contributed by atoms with Crippen molar-refractivity contribution >= 4 is 34.7 Å². The minimum atomic E-state index is -0.991. The van der Waals surface area contributed by atoms with E-state index in [-0.39, 0.29) is 24.5 Å². The molecule has 2 heterocycles. The molecule has 0 bridgehead atoms. The molecule has 0 saturated carbocycles. The molecule has 1 aliphatic rings. The number of nitrogens with one attached hydrogen (secondary N) is 2. The summed E-state index contributed by atoms with van der Waals surface area (Å²) in [6.45, 7) is 0.737. The fourth-order valence-corrected chi connectivity index (χ4v) is 4.79. The first kappa shape index (κ1) is 25.4. The Morgan fingerprint density at radius 2 is 1.83 bits per heavy atom. The topological polar surface area (TPSA) is 97.0 Å². The number of ether oxygens (including phenoxy) is 2. The van der Waals surface area contributed by atoms with Crippen LogP contribution in [0.4, 0.5) is 5.69 Å². The van der Waals surface area contributed by atoms with E-state index >= 15 is 0 Å². The number of amides is 3. The van der Waals surface area contributed by atoms with E-state index in [0.29, 0.717) is 35.0 Å². The van der Waals surface area contributed by atoms with Gasteiger partial charge in [0.1, 0.15) is 11.8 Å². The lowest BCUT2D eigenvalue weighted by Crippen LogP contribution is -2.48. The monoisotopic (exact) mass is 507 g/mol. The van der Waals surface area contributed by atoms with Crippen LogP contribution in [0.1, 0.15) is 34.1 Å². The summed E-state index contributed by atoms with van der Waals surface area (Å²) in [4.78, 5) is 41.8. The predicted octanol–water partition coefficient (Wildman–Crippen LogP) is 3.56. The second kappa shape index (κ2) is 12.3. The van der Waals surface area contributed by atoms with Gasteiger partial charge in [-0.1, -0.05) is 48.5 Å². The van der Waals surface area contributed by atoms with Crippen molar-refractivity contribution < 1.29 is 23.9 Å². The van der Waals surface area contributed by atoms with E-state index in [1.165, 1.54) is 23.3 Å². The number of para-hydroxylation sites is 2. The van der Waals surface area contributed by atoms with E-state index in [1.807, 2.05) is 18.2 Å². The predicted molar refractivity (Wildman–Crippen MR) is 138 cm³/mol. The molecule has 3 amide bonds. The number of nitrogens with zero attached hydrogens (tertiary/aromatic N) is 1. The molecule has 0 spiro atoms. The molecule has 8 nitrogen and oxygen atoms in total. The summed E-state index contributed by atoms with van der Waals surface area (Å²) in [5.74, 6) is -0.716. The van der Waals surface area contributed by atoms with Gasteiger partial charge in [-0.25, -0.2) is 0 Å². The summed E-state index contributed by atoms with van der Waals surface area (Å²) in [7, 11) is 1.51. The molecule has 36 heavy (non-hydrogen) atoms. The van der Waals surface area contributed by atoms with Gasteiger partial charge in [0.05, 0.1) is 30.3 Å². The Kier molecular flexibility index (Phi) is 8.70. The van der Waals surface area contributed by atoms with Crippen LogP contribution in [-0.4, -0.2) is 50.6 Å². The van der Waals surface area contributed by atoms with Crippen molar-refractivity contribution in [2.45, 2.75) is 25.0 Å². The summed E-state index contributed by atoms with van der Waals surface area (Å²) < 4.78 is 11.2. The fraction of sp³-hybridized carbons (Fsp3) is 0.296. The average Bonchev–Trinajstić information content (AvgIpc) is 3.64. The van der Waals surface area contributed by atoms with Crippen LogP contribution >= 0.6 is 11.3 Å². The van der Waals surface area contributed by atoms with Gasteiger partial charge in [0.2, 0.25) is 11.8 Å². The maximum absolute atomic E-state index is 13.7. The smallest absolute Gasteiger partial charge is 0.261 e. The van der Waals surface area contributed by atoms with Gasteiger partial charge in [0, 0.05) is 13.2 Å². The van der Waals surface area contributed by atoms with Crippen molar-refractivity contribution in [1.29, 1.82) is 0 Å².